The molecule has 1 aromatic rings. The van der Waals surface area contributed by atoms with E-state index >= 15 is 0 Å². The van der Waals surface area contributed by atoms with Gasteiger partial charge in [-0.1, -0.05) is 0 Å². The lowest BCUT2D eigenvalue weighted by atomic mass is 10.2. The number of anilines is 2. The number of hydrogen-bond donors (Lipinski definition) is 3. The number of benzene rings is 1. The van der Waals surface area contributed by atoms with Gasteiger partial charge in [-0.05, 0) is 6.92 Å². The Kier molecular flexibility index (Phi) is 6.05. The number of hydrogen-bond acceptors (Lipinski definition) is 5. The number of methoxy groups -OCH3 is 2. The molecular formula is C13H20FN3O3. The highest BCUT2D eigenvalue weighted by molar-refractivity contribution is 5.84. The molecule has 112 valence electrons. The maximum Gasteiger partial charge on any atom is 0.242 e. The first-order chi connectivity index (χ1) is 9.49. The lowest BCUT2D eigenvalue weighted by Crippen LogP contribution is -2.39. The van der Waals surface area contributed by atoms with E-state index in [-0.39, 0.29) is 17.3 Å². The van der Waals surface area contributed by atoms with E-state index in [4.69, 9.17) is 15.2 Å². The minimum atomic E-state index is -0.602. The van der Waals surface area contributed by atoms with E-state index in [2.05, 4.69) is 10.6 Å². The lowest BCUT2D eigenvalue weighted by molar-refractivity contribution is -0.121. The highest BCUT2D eigenvalue weighted by Crippen LogP contribution is 2.28. The van der Waals surface area contributed by atoms with E-state index in [0.29, 0.717) is 18.9 Å². The number of halogens is 1. The molecule has 1 unspecified atom stereocenters. The Balaban J connectivity index is 2.70. The Morgan fingerprint density at radius 2 is 2.15 bits per heavy atom. The van der Waals surface area contributed by atoms with E-state index in [1.807, 2.05) is 0 Å². The average molecular weight is 285 g/mol. The van der Waals surface area contributed by atoms with Gasteiger partial charge in [0.1, 0.15) is 17.6 Å². The largest absolute Gasteiger partial charge is 0.495 e. The van der Waals surface area contributed by atoms with Crippen LogP contribution in [0.1, 0.15) is 6.92 Å². The second-order valence-electron chi connectivity index (χ2n) is 4.22. The first kappa shape index (κ1) is 16.0. The second-order valence-corrected chi connectivity index (χ2v) is 4.22. The molecule has 0 aromatic heterocycles. The Morgan fingerprint density at radius 3 is 2.75 bits per heavy atom. The van der Waals surface area contributed by atoms with Crippen LogP contribution >= 0.6 is 0 Å². The van der Waals surface area contributed by atoms with Crippen molar-refractivity contribution in [2.24, 2.45) is 0 Å². The molecule has 0 heterocycles. The molecule has 0 saturated heterocycles. The molecule has 4 N–H and O–H groups in total. The summed E-state index contributed by atoms with van der Waals surface area (Å²) in [4.78, 5) is 11.7. The lowest BCUT2D eigenvalue weighted by Gasteiger charge is -2.17. The van der Waals surface area contributed by atoms with Crippen LogP contribution in [0.2, 0.25) is 0 Å². The Morgan fingerprint density at radius 1 is 1.45 bits per heavy atom. The van der Waals surface area contributed by atoms with Gasteiger partial charge in [-0.2, -0.15) is 0 Å². The van der Waals surface area contributed by atoms with Gasteiger partial charge < -0.3 is 25.8 Å². The fraction of sp³-hybridized carbons (Fsp3) is 0.462. The van der Waals surface area contributed by atoms with Crippen LogP contribution in [0.4, 0.5) is 15.8 Å². The van der Waals surface area contributed by atoms with Crippen LogP contribution in [-0.2, 0) is 9.53 Å². The van der Waals surface area contributed by atoms with E-state index < -0.39 is 11.9 Å². The van der Waals surface area contributed by atoms with Crippen molar-refractivity contribution in [2.45, 2.75) is 13.0 Å². The molecule has 1 rings (SSSR count). The molecule has 7 heteroatoms. The van der Waals surface area contributed by atoms with Gasteiger partial charge in [0.15, 0.2) is 0 Å². The summed E-state index contributed by atoms with van der Waals surface area (Å²) in [6, 6.07) is 1.97. The van der Waals surface area contributed by atoms with Crippen molar-refractivity contribution in [1.29, 1.82) is 0 Å². The zero-order valence-corrected chi connectivity index (χ0v) is 11.8. The topological polar surface area (TPSA) is 85.6 Å². The first-order valence-electron chi connectivity index (χ1n) is 6.15. The fourth-order valence-electron chi connectivity index (χ4n) is 1.58. The Bertz CT molecular complexity index is 468. The highest BCUT2D eigenvalue weighted by atomic mass is 19.1. The van der Waals surface area contributed by atoms with Crippen molar-refractivity contribution in [3.05, 3.63) is 17.9 Å². The summed E-state index contributed by atoms with van der Waals surface area (Å²) in [5.41, 5.74) is 5.95. The number of nitrogens with two attached hydrogens (primary N) is 1. The third kappa shape index (κ3) is 4.27. The third-order valence-corrected chi connectivity index (χ3v) is 2.69. The zero-order valence-electron chi connectivity index (χ0n) is 11.8. The molecule has 0 radical (unpaired) electrons. The molecule has 1 atom stereocenters. The van der Waals surface area contributed by atoms with Gasteiger partial charge in [-0.15, -0.1) is 0 Å². The molecule has 20 heavy (non-hydrogen) atoms. The summed E-state index contributed by atoms with van der Waals surface area (Å²) >= 11 is 0. The van der Waals surface area contributed by atoms with Gasteiger partial charge in [0.2, 0.25) is 5.91 Å². The van der Waals surface area contributed by atoms with Crippen LogP contribution in [0.5, 0.6) is 5.75 Å². The smallest absolute Gasteiger partial charge is 0.242 e. The number of rotatable bonds is 7. The summed E-state index contributed by atoms with van der Waals surface area (Å²) in [5, 5.41) is 5.43. The van der Waals surface area contributed by atoms with Gasteiger partial charge in [0.25, 0.3) is 0 Å². The van der Waals surface area contributed by atoms with E-state index in [0.717, 1.165) is 6.07 Å². The van der Waals surface area contributed by atoms with E-state index in [9.17, 15) is 9.18 Å². The Labute approximate surface area is 117 Å². The summed E-state index contributed by atoms with van der Waals surface area (Å²) < 4.78 is 23.6. The van der Waals surface area contributed by atoms with E-state index in [1.165, 1.54) is 13.2 Å². The van der Waals surface area contributed by atoms with Crippen LogP contribution in [0, 0.1) is 5.82 Å². The molecule has 1 aromatic carbocycles. The predicted octanol–water partition coefficient (Wildman–Crippen LogP) is 0.979. The van der Waals surface area contributed by atoms with Gasteiger partial charge >= 0.3 is 0 Å². The van der Waals surface area contributed by atoms with Crippen molar-refractivity contribution in [2.75, 3.05) is 38.4 Å². The second kappa shape index (κ2) is 7.54. The summed E-state index contributed by atoms with van der Waals surface area (Å²) in [7, 11) is 2.98. The highest BCUT2D eigenvalue weighted by Gasteiger charge is 2.15. The monoisotopic (exact) mass is 285 g/mol. The molecule has 1 amide bonds. The summed E-state index contributed by atoms with van der Waals surface area (Å²) in [6.45, 7) is 2.45. The Hall–Kier alpha value is -2.02. The SMILES string of the molecule is COCCNC(=O)C(C)Nc1cc(OC)c(N)cc1F. The maximum atomic E-state index is 13.7. The van der Waals surface area contributed by atoms with Gasteiger partial charge in [0, 0.05) is 25.8 Å². The van der Waals surface area contributed by atoms with Crippen molar-refractivity contribution in [3.63, 3.8) is 0 Å². The maximum absolute atomic E-state index is 13.7. The number of ether oxygens (including phenoxy) is 2. The molecular weight excluding hydrogens is 265 g/mol. The predicted molar refractivity (Wildman–Crippen MR) is 75.3 cm³/mol. The molecule has 0 aliphatic heterocycles. The molecule has 0 spiro atoms. The third-order valence-electron chi connectivity index (χ3n) is 2.69. The molecule has 0 bridgehead atoms. The van der Waals surface area contributed by atoms with Crippen molar-refractivity contribution >= 4 is 17.3 Å². The molecule has 0 fully saturated rings. The minimum Gasteiger partial charge on any atom is -0.495 e. The van der Waals surface area contributed by atoms with E-state index in [1.54, 1.807) is 14.0 Å². The van der Waals surface area contributed by atoms with Crippen LogP contribution in [-0.4, -0.2) is 39.3 Å². The number of amides is 1. The van der Waals surface area contributed by atoms with Crippen molar-refractivity contribution in [1.82, 2.24) is 5.32 Å². The standard InChI is InChI=1S/C13H20FN3O3/c1-8(13(18)16-4-5-19-2)17-11-7-12(20-3)10(15)6-9(11)14/h6-8,17H,4-5,15H2,1-3H3,(H,16,18). The fourth-order valence-corrected chi connectivity index (χ4v) is 1.58. The normalized spacial score (nSPS) is 11.8. The summed E-state index contributed by atoms with van der Waals surface area (Å²) in [6.07, 6.45) is 0. The van der Waals surface area contributed by atoms with Crippen LogP contribution in [0.3, 0.4) is 0 Å². The summed E-state index contributed by atoms with van der Waals surface area (Å²) in [5.74, 6) is -0.446. The van der Waals surface area contributed by atoms with Crippen molar-refractivity contribution < 1.29 is 18.7 Å². The van der Waals surface area contributed by atoms with Crippen LogP contribution in [0.15, 0.2) is 12.1 Å². The van der Waals surface area contributed by atoms with Crippen LogP contribution in [0.25, 0.3) is 0 Å². The minimum absolute atomic E-state index is 0.158. The van der Waals surface area contributed by atoms with Gasteiger partial charge in [0.05, 0.1) is 25.1 Å². The van der Waals surface area contributed by atoms with Crippen molar-refractivity contribution in [3.8, 4) is 5.75 Å². The molecule has 0 aliphatic carbocycles. The number of carbonyl (C=O) groups is 1. The molecule has 0 aliphatic rings. The van der Waals surface area contributed by atoms with Crippen LogP contribution < -0.4 is 21.1 Å². The quantitative estimate of drug-likeness (QED) is 0.513. The molecule has 6 nitrogen and oxygen atoms in total. The first-order valence-corrected chi connectivity index (χ1v) is 6.15. The number of carbonyl (C=O) groups excluding carboxylic acids is 1. The van der Waals surface area contributed by atoms with Gasteiger partial charge in [-0.3, -0.25) is 4.79 Å². The zero-order chi connectivity index (χ0) is 15.1. The number of nitrogens with one attached hydrogen (secondary N) is 2. The average Bonchev–Trinajstić information content (AvgIpc) is 2.41. The van der Waals surface area contributed by atoms with Gasteiger partial charge in [-0.25, -0.2) is 4.39 Å². The molecule has 0 saturated carbocycles. The number of nitrogen functional groups attached to an aromatic ring is 1.